The van der Waals surface area contributed by atoms with Gasteiger partial charge in [0, 0.05) is 23.8 Å². The van der Waals surface area contributed by atoms with Gasteiger partial charge in [-0.25, -0.2) is 4.98 Å². The highest BCUT2D eigenvalue weighted by Gasteiger charge is 2.39. The third-order valence-corrected chi connectivity index (χ3v) is 4.37. The van der Waals surface area contributed by atoms with Gasteiger partial charge in [-0.3, -0.25) is 0 Å². The minimum absolute atomic E-state index is 0.362. The van der Waals surface area contributed by atoms with Gasteiger partial charge in [0.15, 0.2) is 0 Å². The van der Waals surface area contributed by atoms with Gasteiger partial charge in [0.25, 0.3) is 0 Å². The zero-order chi connectivity index (χ0) is 11.6. The Morgan fingerprint density at radius 2 is 2.25 bits per heavy atom. The van der Waals surface area contributed by atoms with E-state index in [-0.39, 0.29) is 0 Å². The predicted octanol–water partition coefficient (Wildman–Crippen LogP) is 2.98. The topological polar surface area (TPSA) is 24.9 Å². The third-order valence-electron chi connectivity index (χ3n) is 3.50. The Labute approximate surface area is 102 Å². The minimum Gasteiger partial charge on any atom is -0.319 e. The van der Waals surface area contributed by atoms with Gasteiger partial charge in [0.05, 0.1) is 10.7 Å². The Morgan fingerprint density at radius 1 is 1.50 bits per heavy atom. The summed E-state index contributed by atoms with van der Waals surface area (Å²) in [5.41, 5.74) is 1.70. The van der Waals surface area contributed by atoms with Crippen LogP contribution in [0.5, 0.6) is 0 Å². The SMILES string of the molecule is CNCC1(c2csc(CC(C)C)n2)CCC1. The molecule has 1 aliphatic rings. The molecule has 0 atom stereocenters. The largest absolute Gasteiger partial charge is 0.319 e. The van der Waals surface area contributed by atoms with Crippen LogP contribution in [-0.2, 0) is 11.8 Å². The van der Waals surface area contributed by atoms with E-state index in [0.29, 0.717) is 11.3 Å². The summed E-state index contributed by atoms with van der Waals surface area (Å²) >= 11 is 1.84. The lowest BCUT2D eigenvalue weighted by Crippen LogP contribution is -2.43. The van der Waals surface area contributed by atoms with Gasteiger partial charge in [-0.2, -0.15) is 0 Å². The average Bonchev–Trinajstić information content (AvgIpc) is 2.59. The molecule has 1 aromatic heterocycles. The molecule has 16 heavy (non-hydrogen) atoms. The number of likely N-dealkylation sites (N-methyl/N-ethyl adjacent to an activating group) is 1. The van der Waals surface area contributed by atoms with E-state index in [0.717, 1.165) is 13.0 Å². The van der Waals surface area contributed by atoms with Crippen molar-refractivity contribution in [1.82, 2.24) is 10.3 Å². The van der Waals surface area contributed by atoms with Crippen molar-refractivity contribution >= 4 is 11.3 Å². The quantitative estimate of drug-likeness (QED) is 0.853. The van der Waals surface area contributed by atoms with Crippen LogP contribution in [0.3, 0.4) is 0 Å². The molecule has 0 radical (unpaired) electrons. The van der Waals surface area contributed by atoms with Crippen LogP contribution in [0.4, 0.5) is 0 Å². The van der Waals surface area contributed by atoms with Crippen LogP contribution in [-0.4, -0.2) is 18.6 Å². The molecule has 1 heterocycles. The van der Waals surface area contributed by atoms with Crippen LogP contribution in [0, 0.1) is 5.92 Å². The summed E-state index contributed by atoms with van der Waals surface area (Å²) in [4.78, 5) is 4.84. The highest BCUT2D eigenvalue weighted by molar-refractivity contribution is 7.09. The number of hydrogen-bond donors (Lipinski definition) is 1. The van der Waals surface area contributed by atoms with E-state index in [1.807, 2.05) is 18.4 Å². The molecule has 1 aliphatic carbocycles. The fourth-order valence-electron chi connectivity index (χ4n) is 2.46. The van der Waals surface area contributed by atoms with Crippen molar-refractivity contribution in [1.29, 1.82) is 0 Å². The summed E-state index contributed by atoms with van der Waals surface area (Å²) in [6, 6.07) is 0. The van der Waals surface area contributed by atoms with Gasteiger partial charge >= 0.3 is 0 Å². The zero-order valence-electron chi connectivity index (χ0n) is 10.5. The Morgan fingerprint density at radius 3 is 2.75 bits per heavy atom. The van der Waals surface area contributed by atoms with Crippen molar-refractivity contribution in [3.05, 3.63) is 16.1 Å². The van der Waals surface area contributed by atoms with Crippen LogP contribution in [0.15, 0.2) is 5.38 Å². The molecule has 1 saturated carbocycles. The number of aromatic nitrogens is 1. The van der Waals surface area contributed by atoms with Crippen molar-refractivity contribution in [2.24, 2.45) is 5.92 Å². The highest BCUT2D eigenvalue weighted by Crippen LogP contribution is 2.43. The molecule has 0 aromatic carbocycles. The molecular formula is C13H22N2S. The Bertz CT molecular complexity index is 339. The standard InChI is InChI=1S/C13H22N2S/c1-10(2)7-12-15-11(8-16-12)13(9-14-3)5-4-6-13/h8,10,14H,4-7,9H2,1-3H3. The van der Waals surface area contributed by atoms with Gasteiger partial charge in [-0.1, -0.05) is 20.3 Å². The predicted molar refractivity (Wildman–Crippen MR) is 70.1 cm³/mol. The molecule has 1 aromatic rings. The molecule has 1 fully saturated rings. The van der Waals surface area contributed by atoms with E-state index in [4.69, 9.17) is 4.98 Å². The van der Waals surface area contributed by atoms with Gasteiger partial charge in [0.1, 0.15) is 0 Å². The smallest absolute Gasteiger partial charge is 0.0931 e. The molecule has 3 heteroatoms. The van der Waals surface area contributed by atoms with E-state index in [9.17, 15) is 0 Å². The van der Waals surface area contributed by atoms with Crippen molar-refractivity contribution in [3.63, 3.8) is 0 Å². The molecule has 0 aliphatic heterocycles. The molecule has 0 bridgehead atoms. The lowest BCUT2D eigenvalue weighted by atomic mass is 9.67. The van der Waals surface area contributed by atoms with Gasteiger partial charge < -0.3 is 5.32 Å². The summed E-state index contributed by atoms with van der Waals surface area (Å²) in [6.07, 6.45) is 5.09. The first-order valence-corrected chi connectivity index (χ1v) is 7.14. The minimum atomic E-state index is 0.362. The molecule has 90 valence electrons. The molecule has 0 amide bonds. The second kappa shape index (κ2) is 4.84. The van der Waals surface area contributed by atoms with E-state index >= 15 is 0 Å². The number of rotatable bonds is 5. The molecule has 1 N–H and O–H groups in total. The first-order valence-electron chi connectivity index (χ1n) is 6.26. The van der Waals surface area contributed by atoms with Crippen molar-refractivity contribution in [3.8, 4) is 0 Å². The third kappa shape index (κ3) is 2.30. The van der Waals surface area contributed by atoms with Crippen LogP contribution >= 0.6 is 11.3 Å². The molecule has 0 saturated heterocycles. The first-order chi connectivity index (χ1) is 7.66. The number of nitrogens with one attached hydrogen (secondary N) is 1. The van der Waals surface area contributed by atoms with Gasteiger partial charge in [-0.05, 0) is 25.8 Å². The van der Waals surface area contributed by atoms with Crippen molar-refractivity contribution in [2.45, 2.75) is 44.9 Å². The molecule has 2 nitrogen and oxygen atoms in total. The average molecular weight is 238 g/mol. The van der Waals surface area contributed by atoms with Gasteiger partial charge in [-0.15, -0.1) is 11.3 Å². The number of thiazole rings is 1. The first kappa shape index (κ1) is 12.1. The summed E-state index contributed by atoms with van der Waals surface area (Å²) in [6.45, 7) is 5.60. The molecule has 2 rings (SSSR count). The normalized spacial score (nSPS) is 18.8. The van der Waals surface area contributed by atoms with Gasteiger partial charge in [0.2, 0.25) is 0 Å². The zero-order valence-corrected chi connectivity index (χ0v) is 11.4. The van der Waals surface area contributed by atoms with E-state index in [1.54, 1.807) is 0 Å². The monoisotopic (exact) mass is 238 g/mol. The maximum Gasteiger partial charge on any atom is 0.0931 e. The van der Waals surface area contributed by atoms with Crippen molar-refractivity contribution in [2.75, 3.05) is 13.6 Å². The van der Waals surface area contributed by atoms with Crippen LogP contribution in [0.1, 0.15) is 43.8 Å². The van der Waals surface area contributed by atoms with E-state index in [1.165, 1.54) is 30.0 Å². The molecule has 0 unspecified atom stereocenters. The summed E-state index contributed by atoms with van der Waals surface area (Å²) in [7, 11) is 2.04. The maximum atomic E-state index is 4.84. The second-order valence-electron chi connectivity index (χ2n) is 5.39. The second-order valence-corrected chi connectivity index (χ2v) is 6.33. The highest BCUT2D eigenvalue weighted by atomic mass is 32.1. The van der Waals surface area contributed by atoms with Crippen LogP contribution < -0.4 is 5.32 Å². The maximum absolute atomic E-state index is 4.84. The fourth-order valence-corrected chi connectivity index (χ4v) is 3.59. The molecule has 0 spiro atoms. The Hall–Kier alpha value is -0.410. The van der Waals surface area contributed by atoms with Crippen molar-refractivity contribution < 1.29 is 0 Å². The van der Waals surface area contributed by atoms with E-state index in [2.05, 4.69) is 24.5 Å². The summed E-state index contributed by atoms with van der Waals surface area (Å²) in [5, 5.41) is 6.92. The fraction of sp³-hybridized carbons (Fsp3) is 0.769. The summed E-state index contributed by atoms with van der Waals surface area (Å²) < 4.78 is 0. The van der Waals surface area contributed by atoms with Crippen LogP contribution in [0.25, 0.3) is 0 Å². The lowest BCUT2D eigenvalue weighted by Gasteiger charge is -2.40. The van der Waals surface area contributed by atoms with E-state index < -0.39 is 0 Å². The van der Waals surface area contributed by atoms with Crippen LogP contribution in [0.2, 0.25) is 0 Å². The number of nitrogens with zero attached hydrogens (tertiary/aromatic N) is 1. The Balaban J connectivity index is 2.10. The summed E-state index contributed by atoms with van der Waals surface area (Å²) in [5.74, 6) is 0.709. The Kier molecular flexibility index (Phi) is 3.65. The lowest BCUT2D eigenvalue weighted by molar-refractivity contribution is 0.233. The molecular weight excluding hydrogens is 216 g/mol. The number of hydrogen-bond acceptors (Lipinski definition) is 3.